The predicted octanol–water partition coefficient (Wildman–Crippen LogP) is 6.41. The van der Waals surface area contributed by atoms with Gasteiger partial charge in [-0.15, -0.1) is 0 Å². The first-order valence-corrected chi connectivity index (χ1v) is 13.5. The minimum atomic E-state index is -1.81. The molecule has 2 nitrogen and oxygen atoms in total. The molecule has 27 heavy (non-hydrogen) atoms. The highest BCUT2D eigenvalue weighted by Gasteiger charge is 2.52. The maximum atomic E-state index is 12.5. The van der Waals surface area contributed by atoms with E-state index in [1.165, 1.54) is 23.1 Å². The van der Waals surface area contributed by atoms with E-state index in [1.54, 1.807) is 0 Å². The van der Waals surface area contributed by atoms with E-state index in [2.05, 4.69) is 65.1 Å². The number of ketones is 1. The van der Waals surface area contributed by atoms with Gasteiger partial charge in [0, 0.05) is 11.8 Å². The van der Waals surface area contributed by atoms with Gasteiger partial charge in [0.1, 0.15) is 11.5 Å². The van der Waals surface area contributed by atoms with Crippen LogP contribution in [0, 0.1) is 17.3 Å². The number of carbonyl (C=O) groups is 1. The average molecular weight is 383 g/mol. The third-order valence-corrected chi connectivity index (χ3v) is 12.4. The van der Waals surface area contributed by atoms with Crippen LogP contribution >= 0.6 is 0 Å². The molecule has 0 aliphatic heterocycles. The first-order chi connectivity index (χ1) is 12.5. The molecule has 146 valence electrons. The van der Waals surface area contributed by atoms with Crippen LogP contribution in [0.5, 0.6) is 5.75 Å². The zero-order valence-electron chi connectivity index (χ0n) is 17.8. The van der Waals surface area contributed by atoms with E-state index >= 15 is 0 Å². The summed E-state index contributed by atoms with van der Waals surface area (Å²) < 4.78 is 6.54. The SMILES string of the molecule is CC(C)(C)[Si](C)(C)Oc1ccc2c(c1)CCC1C2=CC[C@]2(C)C(=O)CCC12. The Morgan fingerprint density at radius 2 is 1.89 bits per heavy atom. The molecule has 1 fully saturated rings. The van der Waals surface area contributed by atoms with Crippen LogP contribution in [0.2, 0.25) is 18.1 Å². The molecule has 0 saturated heterocycles. The first kappa shape index (κ1) is 19.0. The lowest BCUT2D eigenvalue weighted by molar-refractivity contribution is -0.126. The highest BCUT2D eigenvalue weighted by atomic mass is 28.4. The summed E-state index contributed by atoms with van der Waals surface area (Å²) >= 11 is 0. The van der Waals surface area contributed by atoms with Crippen molar-refractivity contribution in [2.24, 2.45) is 17.3 Å². The van der Waals surface area contributed by atoms with Gasteiger partial charge in [-0.25, -0.2) is 0 Å². The Hall–Kier alpha value is -1.35. The van der Waals surface area contributed by atoms with Crippen LogP contribution in [0.1, 0.15) is 64.5 Å². The number of hydrogen-bond acceptors (Lipinski definition) is 2. The fourth-order valence-corrected chi connectivity index (χ4v) is 6.27. The van der Waals surface area contributed by atoms with Gasteiger partial charge in [0.2, 0.25) is 8.32 Å². The maximum absolute atomic E-state index is 12.5. The zero-order chi connectivity index (χ0) is 19.6. The third kappa shape index (κ3) is 2.93. The molecule has 0 amide bonds. The van der Waals surface area contributed by atoms with E-state index in [1.807, 2.05) is 0 Å². The molecule has 0 spiro atoms. The minimum absolute atomic E-state index is 0.100. The van der Waals surface area contributed by atoms with Crippen molar-refractivity contribution in [2.75, 3.05) is 0 Å². The van der Waals surface area contributed by atoms with Crippen LogP contribution in [-0.2, 0) is 11.2 Å². The molecule has 0 N–H and O–H groups in total. The van der Waals surface area contributed by atoms with Gasteiger partial charge in [-0.3, -0.25) is 4.79 Å². The van der Waals surface area contributed by atoms with Crippen molar-refractivity contribution in [2.45, 2.75) is 77.9 Å². The highest BCUT2D eigenvalue weighted by molar-refractivity contribution is 6.74. The molecule has 3 atom stereocenters. The molecule has 0 bridgehead atoms. The van der Waals surface area contributed by atoms with Gasteiger partial charge < -0.3 is 4.43 Å². The van der Waals surface area contributed by atoms with E-state index in [0.29, 0.717) is 17.6 Å². The topological polar surface area (TPSA) is 26.3 Å². The molecule has 3 heteroatoms. The summed E-state index contributed by atoms with van der Waals surface area (Å²) in [5, 5.41) is 0.208. The summed E-state index contributed by atoms with van der Waals surface area (Å²) in [6.07, 6.45) is 7.45. The van der Waals surface area contributed by atoms with Crippen molar-refractivity contribution >= 4 is 19.7 Å². The summed E-state index contributed by atoms with van der Waals surface area (Å²) in [4.78, 5) is 12.5. The van der Waals surface area contributed by atoms with Crippen LogP contribution in [0.3, 0.4) is 0 Å². The van der Waals surface area contributed by atoms with E-state index < -0.39 is 8.32 Å². The van der Waals surface area contributed by atoms with Gasteiger partial charge >= 0.3 is 0 Å². The lowest BCUT2D eigenvalue weighted by Gasteiger charge is -2.43. The van der Waals surface area contributed by atoms with Gasteiger partial charge in [0.25, 0.3) is 0 Å². The normalized spacial score (nSPS) is 30.3. The monoisotopic (exact) mass is 382 g/mol. The number of aryl methyl sites for hydroxylation is 1. The van der Waals surface area contributed by atoms with Gasteiger partial charge in [0.15, 0.2) is 0 Å². The number of hydrogen-bond donors (Lipinski definition) is 0. The summed E-state index contributed by atoms with van der Waals surface area (Å²) in [5.74, 6) is 2.64. The molecule has 1 saturated carbocycles. The number of carbonyl (C=O) groups excluding carboxylic acids is 1. The third-order valence-electron chi connectivity index (χ3n) is 8.06. The molecular weight excluding hydrogens is 348 g/mol. The Morgan fingerprint density at radius 1 is 1.15 bits per heavy atom. The van der Waals surface area contributed by atoms with Gasteiger partial charge in [-0.1, -0.05) is 39.8 Å². The number of Topliss-reactive ketones (excluding diaryl/α,β-unsaturated/α-hetero) is 1. The summed E-state index contributed by atoms with van der Waals surface area (Å²) in [6.45, 7) is 13.7. The fraction of sp³-hybridized carbons (Fsp3) is 0.625. The van der Waals surface area contributed by atoms with Crippen LogP contribution < -0.4 is 4.43 Å². The molecule has 0 radical (unpaired) electrons. The van der Waals surface area contributed by atoms with Crippen LogP contribution in [0.4, 0.5) is 0 Å². The Bertz CT molecular complexity index is 814. The van der Waals surface area contributed by atoms with Gasteiger partial charge in [-0.05, 0) is 84.5 Å². The van der Waals surface area contributed by atoms with E-state index in [9.17, 15) is 4.79 Å². The number of benzene rings is 1. The molecule has 1 aromatic rings. The molecule has 3 aliphatic rings. The Balaban J connectivity index is 1.64. The Kier molecular flexibility index (Phi) is 4.27. The second-order valence-corrected chi connectivity index (χ2v) is 15.4. The Morgan fingerprint density at radius 3 is 2.59 bits per heavy atom. The zero-order valence-corrected chi connectivity index (χ0v) is 18.8. The number of fused-ring (bicyclic) bond motifs is 5. The lowest BCUT2D eigenvalue weighted by atomic mass is 9.60. The molecule has 0 heterocycles. The number of rotatable bonds is 2. The van der Waals surface area contributed by atoms with Crippen molar-refractivity contribution in [1.82, 2.24) is 0 Å². The van der Waals surface area contributed by atoms with Crippen LogP contribution in [0.15, 0.2) is 24.3 Å². The van der Waals surface area contributed by atoms with Crippen molar-refractivity contribution in [3.8, 4) is 5.75 Å². The van der Waals surface area contributed by atoms with Crippen molar-refractivity contribution in [1.29, 1.82) is 0 Å². The molecule has 1 aromatic carbocycles. The molecule has 0 aromatic heterocycles. The summed E-state index contributed by atoms with van der Waals surface area (Å²) in [5.41, 5.74) is 4.25. The number of allylic oxidation sites excluding steroid dienone is 2. The van der Waals surface area contributed by atoms with Gasteiger partial charge in [-0.2, -0.15) is 0 Å². The maximum Gasteiger partial charge on any atom is 0.250 e. The second kappa shape index (κ2) is 6.07. The smallest absolute Gasteiger partial charge is 0.250 e. The minimum Gasteiger partial charge on any atom is -0.543 e. The second-order valence-electron chi connectivity index (χ2n) is 10.7. The molecule has 2 unspecified atom stereocenters. The van der Waals surface area contributed by atoms with Crippen LogP contribution in [-0.4, -0.2) is 14.1 Å². The lowest BCUT2D eigenvalue weighted by Crippen LogP contribution is -2.43. The largest absolute Gasteiger partial charge is 0.543 e. The standard InChI is InChI=1S/C24H34O2Si/c1-23(2,3)27(5,6)26-17-8-10-18-16(15-17)7-9-20-19(18)13-14-24(4)21(20)11-12-22(24)25/h8,10,13,15,20-21H,7,9,11-12,14H2,1-6H3/t20?,21?,24-/m0/s1. The summed E-state index contributed by atoms with van der Waals surface area (Å²) in [6, 6.07) is 6.76. The van der Waals surface area contributed by atoms with E-state index in [4.69, 9.17) is 4.43 Å². The predicted molar refractivity (Wildman–Crippen MR) is 115 cm³/mol. The van der Waals surface area contributed by atoms with E-state index in [0.717, 1.165) is 31.4 Å². The van der Waals surface area contributed by atoms with Crippen LogP contribution in [0.25, 0.3) is 5.57 Å². The molecular formula is C24H34O2Si. The van der Waals surface area contributed by atoms with Crippen molar-refractivity contribution in [3.63, 3.8) is 0 Å². The molecule has 4 rings (SSSR count). The Labute approximate surface area is 165 Å². The van der Waals surface area contributed by atoms with Crippen molar-refractivity contribution < 1.29 is 9.22 Å². The fourth-order valence-electron chi connectivity index (χ4n) is 5.25. The van der Waals surface area contributed by atoms with Gasteiger partial charge in [0.05, 0.1) is 0 Å². The van der Waals surface area contributed by atoms with E-state index in [-0.39, 0.29) is 10.5 Å². The average Bonchev–Trinajstić information content (AvgIpc) is 2.88. The summed E-state index contributed by atoms with van der Waals surface area (Å²) in [7, 11) is -1.81. The first-order valence-electron chi connectivity index (χ1n) is 10.6. The molecule has 3 aliphatic carbocycles. The van der Waals surface area contributed by atoms with Crippen molar-refractivity contribution in [3.05, 3.63) is 35.4 Å². The highest BCUT2D eigenvalue weighted by Crippen LogP contribution is 2.57. The quantitative estimate of drug-likeness (QED) is 0.553.